The largest absolute Gasteiger partial charge is 0.278 e. The number of amides is 1. The topological polar surface area (TPSA) is 63.9 Å². The molecule has 0 N–H and O–H groups in total. The number of benzene rings is 1. The fraction of sp³-hybridized carbons (Fsp3) is 0.238. The molecule has 1 amide bonds. The van der Waals surface area contributed by atoms with Crippen molar-refractivity contribution >= 4 is 32.6 Å². The van der Waals surface area contributed by atoms with E-state index in [0.29, 0.717) is 17.4 Å². The molecule has 142 valence electrons. The summed E-state index contributed by atoms with van der Waals surface area (Å²) in [7, 11) is 1.78. The van der Waals surface area contributed by atoms with E-state index in [9.17, 15) is 4.79 Å². The lowest BCUT2D eigenvalue weighted by Gasteiger charge is -2.20. The number of aromatic nitrogens is 4. The normalized spacial score (nSPS) is 11.1. The zero-order valence-corrected chi connectivity index (χ0v) is 17.1. The van der Waals surface area contributed by atoms with Gasteiger partial charge in [-0.3, -0.25) is 19.4 Å². The number of fused-ring (bicyclic) bond motifs is 1. The lowest BCUT2D eigenvalue weighted by Crippen LogP contribution is -2.32. The summed E-state index contributed by atoms with van der Waals surface area (Å²) >= 11 is 1.54. The number of carbonyl (C=O) groups is 1. The Labute approximate surface area is 167 Å². The van der Waals surface area contributed by atoms with E-state index in [1.165, 1.54) is 11.3 Å². The average molecular weight is 392 g/mol. The molecule has 0 fully saturated rings. The molecule has 7 heteroatoms. The lowest BCUT2D eigenvalue weighted by molar-refractivity contribution is 0.0975. The average Bonchev–Trinajstić information content (AvgIpc) is 3.28. The Morgan fingerprint density at radius 3 is 2.54 bits per heavy atom. The molecule has 0 saturated carbocycles. The Balaban J connectivity index is 1.85. The van der Waals surface area contributed by atoms with Gasteiger partial charge in [-0.15, -0.1) is 0 Å². The number of anilines is 1. The highest BCUT2D eigenvalue weighted by Gasteiger charge is 2.26. The van der Waals surface area contributed by atoms with Crippen molar-refractivity contribution in [1.82, 2.24) is 19.7 Å². The van der Waals surface area contributed by atoms with Crippen molar-refractivity contribution < 1.29 is 4.79 Å². The minimum absolute atomic E-state index is 0.127. The van der Waals surface area contributed by atoms with E-state index in [-0.39, 0.29) is 5.91 Å². The molecular formula is C21H21N5OS. The highest BCUT2D eigenvalue weighted by molar-refractivity contribution is 7.22. The van der Waals surface area contributed by atoms with Gasteiger partial charge in [0, 0.05) is 13.2 Å². The number of hydrogen-bond acceptors (Lipinski definition) is 5. The van der Waals surface area contributed by atoms with Gasteiger partial charge in [0.2, 0.25) is 0 Å². The van der Waals surface area contributed by atoms with Crippen LogP contribution in [0.3, 0.4) is 0 Å². The molecule has 6 nitrogen and oxygen atoms in total. The number of nitrogens with zero attached hydrogens (tertiary/aromatic N) is 5. The molecule has 0 aliphatic heterocycles. The van der Waals surface area contributed by atoms with Gasteiger partial charge in [-0.2, -0.15) is 5.10 Å². The zero-order chi connectivity index (χ0) is 19.8. The molecular weight excluding hydrogens is 370 g/mol. The minimum atomic E-state index is -0.127. The molecule has 0 aliphatic rings. The van der Waals surface area contributed by atoms with Gasteiger partial charge in [0.05, 0.1) is 28.7 Å². The molecule has 0 unspecified atom stereocenters. The first-order valence-corrected chi connectivity index (χ1v) is 9.84. The maximum absolute atomic E-state index is 13.5. The molecule has 0 radical (unpaired) electrons. The van der Waals surface area contributed by atoms with Gasteiger partial charge in [-0.1, -0.05) is 29.5 Å². The summed E-state index contributed by atoms with van der Waals surface area (Å²) in [5.41, 5.74) is 5.41. The Kier molecular flexibility index (Phi) is 4.68. The van der Waals surface area contributed by atoms with Gasteiger partial charge in [0.15, 0.2) is 5.13 Å². The van der Waals surface area contributed by atoms with Crippen LogP contribution in [-0.2, 0) is 13.6 Å². The van der Waals surface area contributed by atoms with Crippen LogP contribution in [0.4, 0.5) is 5.13 Å². The smallest absolute Gasteiger partial charge is 0.277 e. The van der Waals surface area contributed by atoms with E-state index in [0.717, 1.165) is 32.6 Å². The number of pyridine rings is 1. The SMILES string of the molecule is Cc1cnn(C)c1C(=O)N(Cc1ccccn1)c1nc2c(C)ccc(C)c2s1. The molecule has 0 atom stereocenters. The fourth-order valence-corrected chi connectivity index (χ4v) is 4.34. The summed E-state index contributed by atoms with van der Waals surface area (Å²) < 4.78 is 2.72. The summed E-state index contributed by atoms with van der Waals surface area (Å²) in [6.07, 6.45) is 3.44. The van der Waals surface area contributed by atoms with Gasteiger partial charge in [0.1, 0.15) is 5.69 Å². The third kappa shape index (κ3) is 3.18. The first-order valence-electron chi connectivity index (χ1n) is 9.03. The molecule has 0 aliphatic carbocycles. The molecule has 0 bridgehead atoms. The molecule has 3 aromatic heterocycles. The Morgan fingerprint density at radius 1 is 1.11 bits per heavy atom. The van der Waals surface area contributed by atoms with Crippen molar-refractivity contribution in [2.45, 2.75) is 27.3 Å². The molecule has 3 heterocycles. The molecule has 4 aromatic rings. The predicted octanol–water partition coefficient (Wildman–Crippen LogP) is 4.20. The van der Waals surface area contributed by atoms with E-state index in [4.69, 9.17) is 4.98 Å². The van der Waals surface area contributed by atoms with Gasteiger partial charge < -0.3 is 0 Å². The summed E-state index contributed by atoms with van der Waals surface area (Å²) in [6.45, 7) is 6.36. The lowest BCUT2D eigenvalue weighted by atomic mass is 10.1. The highest BCUT2D eigenvalue weighted by atomic mass is 32.1. The standard InChI is InChI=1S/C21H21N5OS/c1-13-8-9-14(2)19-17(13)24-21(28-19)26(12-16-7-5-6-10-22-16)20(27)18-15(3)11-23-25(18)4/h5-11H,12H2,1-4H3. The third-order valence-electron chi connectivity index (χ3n) is 4.78. The van der Waals surface area contributed by atoms with Crippen LogP contribution in [0.2, 0.25) is 0 Å². The number of rotatable bonds is 4. The molecule has 4 rings (SSSR count). The van der Waals surface area contributed by atoms with Crippen molar-refractivity contribution in [1.29, 1.82) is 0 Å². The quantitative estimate of drug-likeness (QED) is 0.523. The Morgan fingerprint density at radius 2 is 1.89 bits per heavy atom. The minimum Gasteiger partial charge on any atom is -0.277 e. The van der Waals surface area contributed by atoms with Crippen LogP contribution in [0.5, 0.6) is 0 Å². The molecule has 0 saturated heterocycles. The first-order chi connectivity index (χ1) is 13.5. The van der Waals surface area contributed by atoms with E-state index >= 15 is 0 Å². The van der Waals surface area contributed by atoms with Crippen LogP contribution < -0.4 is 4.90 Å². The van der Waals surface area contributed by atoms with E-state index < -0.39 is 0 Å². The molecule has 1 aromatic carbocycles. The Bertz CT molecular complexity index is 1100. The molecule has 0 spiro atoms. The van der Waals surface area contributed by atoms with E-state index in [2.05, 4.69) is 29.1 Å². The van der Waals surface area contributed by atoms with Crippen LogP contribution in [-0.4, -0.2) is 25.7 Å². The number of carbonyl (C=O) groups excluding carboxylic acids is 1. The van der Waals surface area contributed by atoms with Crippen LogP contribution in [0.25, 0.3) is 10.2 Å². The number of thiazole rings is 1. The summed E-state index contributed by atoms with van der Waals surface area (Å²) in [6, 6.07) is 9.87. The van der Waals surface area contributed by atoms with Crippen molar-refractivity contribution in [2.75, 3.05) is 4.90 Å². The maximum Gasteiger partial charge on any atom is 0.278 e. The second-order valence-corrected chi connectivity index (χ2v) is 7.86. The van der Waals surface area contributed by atoms with Crippen molar-refractivity contribution in [3.05, 3.63) is 70.8 Å². The number of aryl methyl sites for hydroxylation is 4. The maximum atomic E-state index is 13.5. The fourth-order valence-electron chi connectivity index (χ4n) is 3.23. The second kappa shape index (κ2) is 7.16. The second-order valence-electron chi connectivity index (χ2n) is 6.89. The van der Waals surface area contributed by atoms with Crippen molar-refractivity contribution in [2.24, 2.45) is 7.05 Å². The third-order valence-corrected chi connectivity index (χ3v) is 5.99. The van der Waals surface area contributed by atoms with Gasteiger partial charge >= 0.3 is 0 Å². The van der Waals surface area contributed by atoms with Crippen LogP contribution in [0, 0.1) is 20.8 Å². The van der Waals surface area contributed by atoms with Crippen molar-refractivity contribution in [3.63, 3.8) is 0 Å². The zero-order valence-electron chi connectivity index (χ0n) is 16.3. The Hall–Kier alpha value is -3.06. The van der Waals surface area contributed by atoms with E-state index in [1.807, 2.05) is 32.0 Å². The highest BCUT2D eigenvalue weighted by Crippen LogP contribution is 2.34. The molecule has 28 heavy (non-hydrogen) atoms. The summed E-state index contributed by atoms with van der Waals surface area (Å²) in [5.74, 6) is -0.127. The van der Waals surface area contributed by atoms with Crippen molar-refractivity contribution in [3.8, 4) is 0 Å². The first kappa shape index (κ1) is 18.3. The van der Waals surface area contributed by atoms with Gasteiger partial charge in [0.25, 0.3) is 5.91 Å². The number of hydrogen-bond donors (Lipinski definition) is 0. The van der Waals surface area contributed by atoms with Crippen LogP contribution in [0.1, 0.15) is 32.9 Å². The summed E-state index contributed by atoms with van der Waals surface area (Å²) in [5, 5.41) is 4.90. The predicted molar refractivity (Wildman–Crippen MR) is 112 cm³/mol. The van der Waals surface area contributed by atoms with E-state index in [1.54, 1.807) is 29.0 Å². The van der Waals surface area contributed by atoms with Gasteiger partial charge in [-0.05, 0) is 49.6 Å². The summed E-state index contributed by atoms with van der Waals surface area (Å²) in [4.78, 5) is 24.4. The monoisotopic (exact) mass is 391 g/mol. The van der Waals surface area contributed by atoms with Crippen LogP contribution >= 0.6 is 11.3 Å². The van der Waals surface area contributed by atoms with Gasteiger partial charge in [-0.25, -0.2) is 4.98 Å². The van der Waals surface area contributed by atoms with Crippen LogP contribution in [0.15, 0.2) is 42.7 Å².